The average Bonchev–Trinajstić information content (AvgIpc) is 1.49. The Morgan fingerprint density at radius 2 is 0.938 bits per heavy atom. The van der Waals surface area contributed by atoms with E-state index in [1.54, 1.807) is 0 Å². The van der Waals surface area contributed by atoms with Crippen LogP contribution in [0.2, 0.25) is 0 Å². The Morgan fingerprint density at radius 1 is 0.750 bits per heavy atom. The van der Waals surface area contributed by atoms with Crippen LogP contribution in [0.15, 0.2) is 0 Å². The fourth-order valence-electron chi connectivity index (χ4n) is 0.186. The van der Waals surface area contributed by atoms with Crippen molar-refractivity contribution in [1.29, 1.82) is 0 Å². The van der Waals surface area contributed by atoms with E-state index < -0.39 is 27.0 Å². The normalized spacial score (nSPS) is 9.12. The van der Waals surface area contributed by atoms with Gasteiger partial charge >= 0.3 is 209 Å². The zero-order valence-electron chi connectivity index (χ0n) is 5.07. The fourth-order valence-corrected chi connectivity index (χ4v) is 0.641. The Labute approximate surface area is 240 Å². The SMILES string of the molecule is O=C(OS(=O)(=O)O)OS(=O)(=O)O.[SrH2].[SrH2].[SrH2].[SrH2]. The second kappa shape index (κ2) is 14.9. The van der Waals surface area contributed by atoms with Crippen LogP contribution in [-0.4, -0.2) is 214 Å². The van der Waals surface area contributed by atoms with Gasteiger partial charge in [-0.2, -0.15) is 16.8 Å². The van der Waals surface area contributed by atoms with Gasteiger partial charge in [-0.15, -0.1) is 0 Å². The van der Waals surface area contributed by atoms with E-state index in [2.05, 4.69) is 8.37 Å². The van der Waals surface area contributed by atoms with Gasteiger partial charge in [0.15, 0.2) is 0 Å². The van der Waals surface area contributed by atoms with E-state index in [1.807, 2.05) is 0 Å². The van der Waals surface area contributed by atoms with Crippen molar-refractivity contribution in [2.75, 3.05) is 0 Å². The van der Waals surface area contributed by atoms with Gasteiger partial charge < -0.3 is 0 Å². The van der Waals surface area contributed by atoms with Crippen molar-refractivity contribution in [2.24, 2.45) is 0 Å². The van der Waals surface area contributed by atoms with E-state index >= 15 is 0 Å². The van der Waals surface area contributed by atoms with Crippen LogP contribution in [0, 0.1) is 0 Å². The molecule has 15 heteroatoms. The fraction of sp³-hybridized carbons (Fsp3) is 0. The molecule has 16 heavy (non-hydrogen) atoms. The number of hydrogen-bond acceptors (Lipinski definition) is 7. The van der Waals surface area contributed by atoms with E-state index in [9.17, 15) is 21.6 Å². The summed E-state index contributed by atoms with van der Waals surface area (Å²) >= 11 is 0. The monoisotopic (exact) mass is 582 g/mol. The third-order valence-corrected chi connectivity index (χ3v) is 1.04. The topological polar surface area (TPSA) is 144 Å². The van der Waals surface area contributed by atoms with E-state index in [1.165, 1.54) is 0 Å². The Kier molecular flexibility index (Phi) is 30.6. The molecule has 9 nitrogen and oxygen atoms in total. The minimum absolute atomic E-state index is 0. The van der Waals surface area contributed by atoms with Crippen LogP contribution in [0.4, 0.5) is 4.79 Å². The van der Waals surface area contributed by atoms with Crippen LogP contribution in [-0.2, 0) is 29.2 Å². The molecule has 0 aromatic heterocycles. The minimum atomic E-state index is -5.15. The summed E-state index contributed by atoms with van der Waals surface area (Å²) in [7, 11) is -10.3. The second-order valence-electron chi connectivity index (χ2n) is 1.27. The third-order valence-electron chi connectivity index (χ3n) is 0.347. The number of carbonyl (C=O) groups excluding carboxylic acids is 1. The first-order valence-electron chi connectivity index (χ1n) is 1.98. The van der Waals surface area contributed by atoms with Crippen LogP contribution in [0.3, 0.4) is 0 Å². The summed E-state index contributed by atoms with van der Waals surface area (Å²) in [5, 5.41) is 0. The molecule has 0 spiro atoms. The molecule has 0 aliphatic carbocycles. The predicted molar refractivity (Wildman–Crippen MR) is 64.8 cm³/mol. The molecule has 0 radical (unpaired) electrons. The molecule has 2 N–H and O–H groups in total. The Balaban J connectivity index is -0.000000101. The van der Waals surface area contributed by atoms with Crippen molar-refractivity contribution < 1.29 is 39.1 Å². The molecular formula is CH10O9S2Sr4. The van der Waals surface area contributed by atoms with E-state index in [-0.39, 0.29) is 182 Å². The van der Waals surface area contributed by atoms with Crippen LogP contribution >= 0.6 is 0 Å². The molecule has 0 amide bonds. The molecule has 0 bridgehead atoms. The van der Waals surface area contributed by atoms with Crippen molar-refractivity contribution in [2.45, 2.75) is 0 Å². The number of carbonyl (C=O) groups is 1. The molecule has 0 heterocycles. The van der Waals surface area contributed by atoms with Gasteiger partial charge in [0.1, 0.15) is 0 Å². The third kappa shape index (κ3) is 27.4. The van der Waals surface area contributed by atoms with Gasteiger partial charge in [-0.1, -0.05) is 0 Å². The molecule has 0 saturated carbocycles. The van der Waals surface area contributed by atoms with Crippen molar-refractivity contribution in [3.63, 3.8) is 0 Å². The molecule has 0 aromatic rings. The van der Waals surface area contributed by atoms with Gasteiger partial charge in [0.25, 0.3) is 0 Å². The quantitative estimate of drug-likeness (QED) is 0.243. The predicted octanol–water partition coefficient (Wildman–Crippen LogP) is -4.92. The summed E-state index contributed by atoms with van der Waals surface area (Å²) in [6, 6.07) is 0. The molecule has 0 aromatic carbocycles. The van der Waals surface area contributed by atoms with E-state index in [0.29, 0.717) is 0 Å². The maximum atomic E-state index is 9.95. The zero-order chi connectivity index (χ0) is 9.99. The van der Waals surface area contributed by atoms with E-state index in [0.717, 1.165) is 0 Å². The first kappa shape index (κ1) is 32.8. The molecule has 0 saturated heterocycles. The standard InChI is InChI=1S/CH2O9S2.4Sr.8H/c2-1(9-11(3,4)5)10-12(6,7)8;;;;;;;;;;;;/h(H,3,4,5)(H,6,7,8);;;;;;;;;;;;. The first-order chi connectivity index (χ1) is 5.10. The van der Waals surface area contributed by atoms with Crippen LogP contribution in [0.5, 0.6) is 0 Å². The summed E-state index contributed by atoms with van der Waals surface area (Å²) in [5.74, 6) is 0. The summed E-state index contributed by atoms with van der Waals surface area (Å²) < 4.78 is 60.1. The van der Waals surface area contributed by atoms with Gasteiger partial charge in [-0.05, 0) is 0 Å². The van der Waals surface area contributed by atoms with Crippen molar-refractivity contribution in [3.8, 4) is 0 Å². The van der Waals surface area contributed by atoms with Crippen LogP contribution in [0.1, 0.15) is 0 Å². The summed E-state index contributed by atoms with van der Waals surface area (Å²) in [6.07, 6.45) is -2.29. The molecule has 0 aliphatic rings. The summed E-state index contributed by atoms with van der Waals surface area (Å²) in [4.78, 5) is 9.95. The average molecular weight is 581 g/mol. The molecule has 0 atom stereocenters. The Hall–Kier alpha value is 5.01. The number of hydrogen-bond donors (Lipinski definition) is 2. The number of rotatable bonds is 2. The molecule has 0 fully saturated rings. The van der Waals surface area contributed by atoms with Crippen molar-refractivity contribution >= 4 is 209 Å². The summed E-state index contributed by atoms with van der Waals surface area (Å²) in [5.41, 5.74) is 0. The zero-order valence-corrected chi connectivity index (χ0v) is 6.70. The van der Waals surface area contributed by atoms with Gasteiger partial charge in [0.05, 0.1) is 0 Å². The van der Waals surface area contributed by atoms with E-state index in [4.69, 9.17) is 9.11 Å². The second-order valence-corrected chi connectivity index (χ2v) is 3.32. The Morgan fingerprint density at radius 3 is 1.06 bits per heavy atom. The van der Waals surface area contributed by atoms with Gasteiger partial charge in [-0.3, -0.25) is 17.5 Å². The van der Waals surface area contributed by atoms with Crippen LogP contribution in [0.25, 0.3) is 0 Å². The molecule has 0 unspecified atom stereocenters. The molecule has 0 aliphatic heterocycles. The van der Waals surface area contributed by atoms with Crippen LogP contribution < -0.4 is 0 Å². The Bertz CT molecular complexity index is 332. The van der Waals surface area contributed by atoms with Crippen molar-refractivity contribution in [3.05, 3.63) is 0 Å². The summed E-state index contributed by atoms with van der Waals surface area (Å²) in [6.45, 7) is 0. The van der Waals surface area contributed by atoms with Gasteiger partial charge in [-0.25, -0.2) is 4.79 Å². The maximum absolute atomic E-state index is 9.95. The van der Waals surface area contributed by atoms with Gasteiger partial charge in [0.2, 0.25) is 0 Å². The molecule has 0 rings (SSSR count). The molecule has 88 valence electrons. The van der Waals surface area contributed by atoms with Crippen molar-refractivity contribution in [1.82, 2.24) is 0 Å². The first-order valence-corrected chi connectivity index (χ1v) is 4.71. The van der Waals surface area contributed by atoms with Gasteiger partial charge in [0, 0.05) is 0 Å². The molecular weight excluding hydrogens is 571 g/mol.